The van der Waals surface area contributed by atoms with Crippen molar-refractivity contribution in [2.75, 3.05) is 20.3 Å². The molecule has 0 aliphatic rings. The minimum absolute atomic E-state index is 0.350. The fourth-order valence-electron chi connectivity index (χ4n) is 1.96. The summed E-state index contributed by atoms with van der Waals surface area (Å²) in [6, 6.07) is -0.350. The van der Waals surface area contributed by atoms with Crippen molar-refractivity contribution in [3.05, 3.63) is 11.9 Å². The van der Waals surface area contributed by atoms with Gasteiger partial charge >= 0.3 is 0 Å². The van der Waals surface area contributed by atoms with Crippen LogP contribution in [-0.2, 0) is 16.0 Å². The Bertz CT molecular complexity index is 342. The summed E-state index contributed by atoms with van der Waals surface area (Å²) in [4.78, 5) is 0. The minimum atomic E-state index is -0.490. The number of methoxy groups -OCH3 is 1. The van der Waals surface area contributed by atoms with E-state index >= 15 is 0 Å². The largest absolute Gasteiger partial charge is 0.493 e. The SMILES string of the molecule is CCOC(OCC)C(NN)c1c(OC)cnn1CC. The van der Waals surface area contributed by atoms with Crippen LogP contribution in [0.2, 0.25) is 0 Å². The van der Waals surface area contributed by atoms with Crippen molar-refractivity contribution >= 4 is 0 Å². The van der Waals surface area contributed by atoms with Gasteiger partial charge in [0, 0.05) is 19.8 Å². The second-order valence-electron chi connectivity index (χ2n) is 3.84. The second-order valence-corrected chi connectivity index (χ2v) is 3.84. The van der Waals surface area contributed by atoms with Gasteiger partial charge in [-0.15, -0.1) is 0 Å². The third-order valence-corrected chi connectivity index (χ3v) is 2.77. The molecule has 7 nitrogen and oxygen atoms in total. The van der Waals surface area contributed by atoms with Crippen molar-refractivity contribution in [1.29, 1.82) is 0 Å². The first-order valence-electron chi connectivity index (χ1n) is 6.52. The maximum Gasteiger partial charge on any atom is 0.179 e. The van der Waals surface area contributed by atoms with Crippen molar-refractivity contribution in [2.24, 2.45) is 5.84 Å². The number of nitrogens with zero attached hydrogens (tertiary/aromatic N) is 2. The van der Waals surface area contributed by atoms with E-state index in [-0.39, 0.29) is 6.04 Å². The van der Waals surface area contributed by atoms with Crippen molar-refractivity contribution in [2.45, 2.75) is 39.6 Å². The van der Waals surface area contributed by atoms with Crippen molar-refractivity contribution in [3.63, 3.8) is 0 Å². The topological polar surface area (TPSA) is 83.6 Å². The Balaban J connectivity index is 3.08. The molecule has 110 valence electrons. The lowest BCUT2D eigenvalue weighted by Gasteiger charge is -2.27. The van der Waals surface area contributed by atoms with Crippen molar-refractivity contribution in [1.82, 2.24) is 15.2 Å². The quantitative estimate of drug-likeness (QED) is 0.393. The van der Waals surface area contributed by atoms with Gasteiger partial charge < -0.3 is 14.2 Å². The number of hydrazine groups is 1. The van der Waals surface area contributed by atoms with Crippen LogP contribution < -0.4 is 16.0 Å². The molecule has 7 heteroatoms. The molecule has 0 spiro atoms. The number of hydrogen-bond acceptors (Lipinski definition) is 6. The summed E-state index contributed by atoms with van der Waals surface area (Å²) in [6.07, 6.45) is 1.17. The number of ether oxygens (including phenoxy) is 3. The van der Waals surface area contributed by atoms with Gasteiger partial charge in [-0.25, -0.2) is 5.43 Å². The van der Waals surface area contributed by atoms with E-state index < -0.39 is 6.29 Å². The Morgan fingerprint density at radius 3 is 2.37 bits per heavy atom. The van der Waals surface area contributed by atoms with Crippen LogP contribution in [0, 0.1) is 0 Å². The summed E-state index contributed by atoms with van der Waals surface area (Å²) in [5.41, 5.74) is 3.55. The van der Waals surface area contributed by atoms with Crippen LogP contribution in [0.4, 0.5) is 0 Å². The van der Waals surface area contributed by atoms with Crippen LogP contribution in [0.15, 0.2) is 6.20 Å². The Morgan fingerprint density at radius 2 is 1.95 bits per heavy atom. The Morgan fingerprint density at radius 1 is 1.32 bits per heavy atom. The van der Waals surface area contributed by atoms with Gasteiger partial charge in [0.1, 0.15) is 11.7 Å². The van der Waals surface area contributed by atoms with E-state index in [1.165, 1.54) is 0 Å². The molecule has 1 unspecified atom stereocenters. The lowest BCUT2D eigenvalue weighted by molar-refractivity contribution is -0.156. The average molecular weight is 272 g/mol. The van der Waals surface area contributed by atoms with Crippen LogP contribution in [0.1, 0.15) is 32.5 Å². The maximum atomic E-state index is 5.67. The van der Waals surface area contributed by atoms with E-state index in [0.717, 1.165) is 5.69 Å². The summed E-state index contributed by atoms with van der Waals surface area (Å²) in [6.45, 7) is 7.60. The minimum Gasteiger partial charge on any atom is -0.493 e. The van der Waals surface area contributed by atoms with E-state index in [2.05, 4.69) is 10.5 Å². The fourth-order valence-corrected chi connectivity index (χ4v) is 1.96. The highest BCUT2D eigenvalue weighted by atomic mass is 16.7. The van der Waals surface area contributed by atoms with Crippen molar-refractivity contribution in [3.8, 4) is 5.75 Å². The maximum absolute atomic E-state index is 5.67. The number of nitrogens with one attached hydrogen (secondary N) is 1. The number of aryl methyl sites for hydroxylation is 1. The summed E-state index contributed by atoms with van der Waals surface area (Å²) in [5.74, 6) is 6.33. The molecule has 0 fully saturated rings. The molecule has 1 aromatic heterocycles. The monoisotopic (exact) mass is 272 g/mol. The zero-order chi connectivity index (χ0) is 14.3. The van der Waals surface area contributed by atoms with Gasteiger partial charge in [0.2, 0.25) is 0 Å². The Hall–Kier alpha value is -1.15. The zero-order valence-corrected chi connectivity index (χ0v) is 12.0. The summed E-state index contributed by atoms with van der Waals surface area (Å²) >= 11 is 0. The number of nitrogens with two attached hydrogens (primary N) is 1. The van der Waals surface area contributed by atoms with Gasteiger partial charge in [0.15, 0.2) is 12.0 Å². The molecule has 3 N–H and O–H groups in total. The van der Waals surface area contributed by atoms with Gasteiger partial charge in [0.05, 0.1) is 13.3 Å². The second kappa shape index (κ2) is 8.11. The highest BCUT2D eigenvalue weighted by Gasteiger charge is 2.29. The zero-order valence-electron chi connectivity index (χ0n) is 12.0. The number of rotatable bonds is 9. The molecule has 0 saturated carbocycles. The average Bonchev–Trinajstić information content (AvgIpc) is 2.83. The van der Waals surface area contributed by atoms with Gasteiger partial charge in [-0.1, -0.05) is 0 Å². The van der Waals surface area contributed by atoms with E-state index in [9.17, 15) is 0 Å². The van der Waals surface area contributed by atoms with Crippen molar-refractivity contribution < 1.29 is 14.2 Å². The molecule has 0 amide bonds. The molecule has 1 atom stereocenters. The first-order chi connectivity index (χ1) is 9.23. The fraction of sp³-hybridized carbons (Fsp3) is 0.750. The van der Waals surface area contributed by atoms with Gasteiger partial charge in [-0.2, -0.15) is 5.10 Å². The summed E-state index contributed by atoms with van der Waals surface area (Å²) in [5, 5.41) is 4.26. The molecule has 0 aliphatic heterocycles. The third-order valence-electron chi connectivity index (χ3n) is 2.77. The van der Waals surface area contributed by atoms with Gasteiger partial charge in [-0.05, 0) is 20.8 Å². The van der Waals surface area contributed by atoms with E-state index in [0.29, 0.717) is 25.5 Å². The van der Waals surface area contributed by atoms with E-state index in [4.69, 9.17) is 20.1 Å². The molecule has 1 rings (SSSR count). The Labute approximate surface area is 114 Å². The lowest BCUT2D eigenvalue weighted by Crippen LogP contribution is -2.41. The molecule has 1 aromatic rings. The smallest absolute Gasteiger partial charge is 0.179 e. The highest BCUT2D eigenvalue weighted by Crippen LogP contribution is 2.28. The van der Waals surface area contributed by atoms with E-state index in [1.54, 1.807) is 13.3 Å². The first kappa shape index (κ1) is 15.9. The molecule has 1 heterocycles. The third kappa shape index (κ3) is 3.66. The molecule has 0 aliphatic carbocycles. The molecule has 0 bridgehead atoms. The van der Waals surface area contributed by atoms with Crippen LogP contribution in [0.3, 0.4) is 0 Å². The molecular weight excluding hydrogens is 248 g/mol. The molecule has 0 radical (unpaired) electrons. The molecule has 0 saturated heterocycles. The first-order valence-corrected chi connectivity index (χ1v) is 6.52. The normalized spacial score (nSPS) is 12.9. The lowest BCUT2D eigenvalue weighted by atomic mass is 10.2. The number of hydrogen-bond donors (Lipinski definition) is 2. The van der Waals surface area contributed by atoms with Crippen LogP contribution in [0.25, 0.3) is 0 Å². The van der Waals surface area contributed by atoms with Gasteiger partial charge in [-0.3, -0.25) is 10.5 Å². The molecule has 19 heavy (non-hydrogen) atoms. The predicted molar refractivity (Wildman–Crippen MR) is 71.6 cm³/mol. The molecular formula is C12H24N4O3. The van der Waals surface area contributed by atoms with E-state index in [1.807, 2.05) is 25.5 Å². The predicted octanol–water partition coefficient (Wildman–Crippen LogP) is 0.815. The van der Waals surface area contributed by atoms with Crippen LogP contribution >= 0.6 is 0 Å². The van der Waals surface area contributed by atoms with Crippen LogP contribution in [-0.4, -0.2) is 36.4 Å². The Kier molecular flexibility index (Phi) is 6.79. The summed E-state index contributed by atoms with van der Waals surface area (Å²) < 4.78 is 18.3. The van der Waals surface area contributed by atoms with Crippen LogP contribution in [0.5, 0.6) is 5.75 Å². The number of aromatic nitrogens is 2. The molecule has 0 aromatic carbocycles. The van der Waals surface area contributed by atoms with Gasteiger partial charge in [0.25, 0.3) is 0 Å². The standard InChI is InChI=1S/C12H24N4O3/c1-5-16-11(9(17-4)8-14-16)10(15-13)12(18-6-2)19-7-3/h8,10,12,15H,5-7,13H2,1-4H3. The highest BCUT2D eigenvalue weighted by molar-refractivity contribution is 5.28. The summed E-state index contributed by atoms with van der Waals surface area (Å²) in [7, 11) is 1.60.